The molecule has 26 heavy (non-hydrogen) atoms. The third-order valence-corrected chi connectivity index (χ3v) is 4.63. The number of hydrogen-bond acceptors (Lipinski definition) is 5. The number of carbonyl (C=O) groups excluding carboxylic acids is 1. The Kier molecular flexibility index (Phi) is 6.70. The zero-order valence-corrected chi connectivity index (χ0v) is 14.7. The van der Waals surface area contributed by atoms with Gasteiger partial charge in [0.15, 0.2) is 0 Å². The van der Waals surface area contributed by atoms with Crippen LogP contribution in [0.15, 0.2) is 30.3 Å². The summed E-state index contributed by atoms with van der Waals surface area (Å²) in [5.41, 5.74) is 6.97. The number of nitrogens with two attached hydrogens (primary N) is 1. The SMILES string of the molecule is CC(NC(C(=O)O)[C@@H](N)Cc1ccccc1)C(=O)N1CCC[C@H]1C(=O)O. The minimum Gasteiger partial charge on any atom is -0.480 e. The number of carboxylic acid groups (broad SMARTS) is 2. The monoisotopic (exact) mass is 363 g/mol. The molecule has 1 aliphatic heterocycles. The molecular weight excluding hydrogens is 338 g/mol. The molecule has 1 saturated heterocycles. The van der Waals surface area contributed by atoms with Gasteiger partial charge in [0.25, 0.3) is 0 Å². The zero-order valence-electron chi connectivity index (χ0n) is 14.7. The van der Waals surface area contributed by atoms with Crippen LogP contribution in [0.25, 0.3) is 0 Å². The van der Waals surface area contributed by atoms with E-state index in [1.807, 2.05) is 30.3 Å². The highest BCUT2D eigenvalue weighted by atomic mass is 16.4. The van der Waals surface area contributed by atoms with E-state index < -0.39 is 42.0 Å². The summed E-state index contributed by atoms with van der Waals surface area (Å²) >= 11 is 0. The highest BCUT2D eigenvalue weighted by Gasteiger charge is 2.37. The van der Waals surface area contributed by atoms with Gasteiger partial charge in [0.1, 0.15) is 12.1 Å². The van der Waals surface area contributed by atoms with Crippen LogP contribution in [0.5, 0.6) is 0 Å². The van der Waals surface area contributed by atoms with Crippen molar-refractivity contribution >= 4 is 17.8 Å². The van der Waals surface area contributed by atoms with Crippen molar-refractivity contribution in [1.82, 2.24) is 10.2 Å². The first-order valence-electron chi connectivity index (χ1n) is 8.63. The van der Waals surface area contributed by atoms with Gasteiger partial charge in [0.05, 0.1) is 6.04 Å². The standard InChI is InChI=1S/C18H25N3O5/c1-11(16(22)21-9-5-8-14(21)17(23)24)20-15(18(25)26)13(19)10-12-6-3-2-4-7-12/h2-4,6-7,11,13-15,20H,5,8-10,19H2,1H3,(H,23,24)(H,25,26)/t11?,13-,14-,15?/m0/s1. The van der Waals surface area contributed by atoms with Gasteiger partial charge in [-0.25, -0.2) is 4.79 Å². The summed E-state index contributed by atoms with van der Waals surface area (Å²) in [6.45, 7) is 1.89. The van der Waals surface area contributed by atoms with Crippen LogP contribution < -0.4 is 11.1 Å². The number of rotatable bonds is 8. The molecule has 142 valence electrons. The van der Waals surface area contributed by atoms with E-state index in [1.54, 1.807) is 0 Å². The zero-order chi connectivity index (χ0) is 19.3. The van der Waals surface area contributed by atoms with Gasteiger partial charge in [-0.2, -0.15) is 0 Å². The number of carboxylic acids is 2. The van der Waals surface area contributed by atoms with E-state index in [1.165, 1.54) is 11.8 Å². The number of benzene rings is 1. The van der Waals surface area contributed by atoms with Crippen LogP contribution in [0, 0.1) is 0 Å². The fourth-order valence-electron chi connectivity index (χ4n) is 3.26. The number of carbonyl (C=O) groups is 3. The maximum Gasteiger partial charge on any atom is 0.326 e. The Labute approximate surface area is 152 Å². The first-order chi connectivity index (χ1) is 12.3. The number of nitrogens with zero attached hydrogens (tertiary/aromatic N) is 1. The summed E-state index contributed by atoms with van der Waals surface area (Å²) in [6, 6.07) is 5.69. The molecule has 0 radical (unpaired) electrons. The molecule has 2 rings (SSSR count). The van der Waals surface area contributed by atoms with Gasteiger partial charge >= 0.3 is 11.9 Å². The molecule has 4 atom stereocenters. The Balaban J connectivity index is 2.03. The van der Waals surface area contributed by atoms with Crippen LogP contribution in [0.1, 0.15) is 25.3 Å². The average Bonchev–Trinajstić information content (AvgIpc) is 3.09. The van der Waals surface area contributed by atoms with Crippen LogP contribution in [-0.2, 0) is 20.8 Å². The van der Waals surface area contributed by atoms with Crippen molar-refractivity contribution in [3.05, 3.63) is 35.9 Å². The van der Waals surface area contributed by atoms with Gasteiger partial charge in [-0.1, -0.05) is 30.3 Å². The average molecular weight is 363 g/mol. The van der Waals surface area contributed by atoms with Gasteiger partial charge in [-0.15, -0.1) is 0 Å². The third-order valence-electron chi connectivity index (χ3n) is 4.63. The topological polar surface area (TPSA) is 133 Å². The Bertz CT molecular complexity index is 651. The molecular formula is C18H25N3O5. The molecule has 0 saturated carbocycles. The predicted octanol–water partition coefficient (Wildman–Crippen LogP) is 0.0633. The molecule has 1 fully saturated rings. The fraction of sp³-hybridized carbons (Fsp3) is 0.500. The van der Waals surface area contributed by atoms with Crippen LogP contribution in [0.4, 0.5) is 0 Å². The normalized spacial score (nSPS) is 20.4. The predicted molar refractivity (Wildman–Crippen MR) is 94.5 cm³/mol. The molecule has 1 heterocycles. The summed E-state index contributed by atoms with van der Waals surface area (Å²) in [4.78, 5) is 36.7. The third kappa shape index (κ3) is 4.80. The number of amides is 1. The summed E-state index contributed by atoms with van der Waals surface area (Å²) in [5, 5.41) is 21.5. The summed E-state index contributed by atoms with van der Waals surface area (Å²) < 4.78 is 0. The number of likely N-dealkylation sites (tertiary alicyclic amines) is 1. The van der Waals surface area contributed by atoms with Crippen molar-refractivity contribution in [2.75, 3.05) is 6.54 Å². The molecule has 8 heteroatoms. The highest BCUT2D eigenvalue weighted by molar-refractivity contribution is 5.88. The Morgan fingerprint density at radius 1 is 1.27 bits per heavy atom. The number of nitrogens with one attached hydrogen (secondary N) is 1. The molecule has 8 nitrogen and oxygen atoms in total. The van der Waals surface area contributed by atoms with E-state index in [2.05, 4.69) is 5.32 Å². The van der Waals surface area contributed by atoms with E-state index in [0.29, 0.717) is 25.8 Å². The van der Waals surface area contributed by atoms with Gasteiger partial charge in [0, 0.05) is 12.6 Å². The Morgan fingerprint density at radius 3 is 2.50 bits per heavy atom. The molecule has 0 aromatic heterocycles. The van der Waals surface area contributed by atoms with Crippen LogP contribution in [0.3, 0.4) is 0 Å². The Hall–Kier alpha value is -2.45. The van der Waals surface area contributed by atoms with Crippen molar-refractivity contribution in [2.24, 2.45) is 5.73 Å². The van der Waals surface area contributed by atoms with Crippen molar-refractivity contribution in [3.8, 4) is 0 Å². The van der Waals surface area contributed by atoms with Crippen LogP contribution in [0.2, 0.25) is 0 Å². The van der Waals surface area contributed by atoms with Crippen LogP contribution >= 0.6 is 0 Å². The van der Waals surface area contributed by atoms with Crippen molar-refractivity contribution in [2.45, 2.75) is 50.4 Å². The van der Waals surface area contributed by atoms with E-state index in [4.69, 9.17) is 5.73 Å². The summed E-state index contributed by atoms with van der Waals surface area (Å²) in [6.07, 6.45) is 1.36. The smallest absolute Gasteiger partial charge is 0.326 e. The second kappa shape index (κ2) is 8.77. The maximum atomic E-state index is 12.6. The minimum atomic E-state index is -1.15. The molecule has 0 aliphatic carbocycles. The second-order valence-corrected chi connectivity index (χ2v) is 6.59. The van der Waals surface area contributed by atoms with Crippen LogP contribution in [-0.4, -0.2) is 63.7 Å². The van der Waals surface area contributed by atoms with Gasteiger partial charge in [-0.3, -0.25) is 14.9 Å². The lowest BCUT2D eigenvalue weighted by Gasteiger charge is -2.29. The van der Waals surface area contributed by atoms with E-state index in [9.17, 15) is 24.6 Å². The molecule has 1 amide bonds. The molecule has 0 bridgehead atoms. The highest BCUT2D eigenvalue weighted by Crippen LogP contribution is 2.18. The lowest BCUT2D eigenvalue weighted by molar-refractivity contribution is -0.149. The van der Waals surface area contributed by atoms with Gasteiger partial charge < -0.3 is 20.8 Å². The first-order valence-corrected chi connectivity index (χ1v) is 8.63. The molecule has 5 N–H and O–H groups in total. The molecule has 1 aliphatic rings. The van der Waals surface area contributed by atoms with E-state index in [-0.39, 0.29) is 0 Å². The largest absolute Gasteiger partial charge is 0.480 e. The molecule has 2 unspecified atom stereocenters. The lowest BCUT2D eigenvalue weighted by atomic mass is 9.99. The fourth-order valence-corrected chi connectivity index (χ4v) is 3.26. The quantitative estimate of drug-likeness (QED) is 0.513. The van der Waals surface area contributed by atoms with Gasteiger partial charge in [0.2, 0.25) is 5.91 Å². The minimum absolute atomic E-state index is 0.340. The Morgan fingerprint density at radius 2 is 1.92 bits per heavy atom. The van der Waals surface area contributed by atoms with Crippen molar-refractivity contribution < 1.29 is 24.6 Å². The summed E-state index contributed by atoms with van der Waals surface area (Å²) in [7, 11) is 0. The molecule has 1 aromatic rings. The van der Waals surface area contributed by atoms with Crippen molar-refractivity contribution in [1.29, 1.82) is 0 Å². The van der Waals surface area contributed by atoms with E-state index >= 15 is 0 Å². The molecule has 1 aromatic carbocycles. The van der Waals surface area contributed by atoms with Crippen molar-refractivity contribution in [3.63, 3.8) is 0 Å². The molecule has 0 spiro atoms. The second-order valence-electron chi connectivity index (χ2n) is 6.59. The summed E-state index contributed by atoms with van der Waals surface area (Å²) in [5.74, 6) is -2.61. The first kappa shape index (κ1) is 19.9. The number of hydrogen-bond donors (Lipinski definition) is 4. The van der Waals surface area contributed by atoms with E-state index in [0.717, 1.165) is 5.56 Å². The lowest BCUT2D eigenvalue weighted by Crippen LogP contribution is -2.58. The van der Waals surface area contributed by atoms with Gasteiger partial charge in [-0.05, 0) is 31.7 Å². The number of aliphatic carboxylic acids is 2. The maximum absolute atomic E-state index is 12.6.